The standard InChI is InChI=1S/C19H20F3N3OS/c1-10(13-5-4-6-14(9-13)19(20,21)22)24-17(26)15-11(2)23-16(12-7-8-12)25-18(15)27-3/h4-6,9-10,12H,7-8H2,1-3H3,(H,24,26). The summed E-state index contributed by atoms with van der Waals surface area (Å²) in [6.07, 6.45) is -0.461. The van der Waals surface area contributed by atoms with Crippen LogP contribution < -0.4 is 5.32 Å². The van der Waals surface area contributed by atoms with Gasteiger partial charge in [-0.25, -0.2) is 9.97 Å². The highest BCUT2D eigenvalue weighted by molar-refractivity contribution is 7.98. The molecule has 0 saturated heterocycles. The van der Waals surface area contributed by atoms with Gasteiger partial charge in [-0.05, 0) is 50.6 Å². The fraction of sp³-hybridized carbons (Fsp3) is 0.421. The van der Waals surface area contributed by atoms with Crippen molar-refractivity contribution in [1.82, 2.24) is 15.3 Å². The number of rotatable bonds is 5. The number of carbonyl (C=O) groups is 1. The van der Waals surface area contributed by atoms with E-state index in [9.17, 15) is 18.0 Å². The molecule has 1 fully saturated rings. The third-order valence-corrected chi connectivity index (χ3v) is 5.18. The molecule has 8 heteroatoms. The van der Waals surface area contributed by atoms with E-state index in [4.69, 9.17) is 0 Å². The van der Waals surface area contributed by atoms with Gasteiger partial charge in [-0.3, -0.25) is 4.79 Å². The van der Waals surface area contributed by atoms with Crippen LogP contribution in [0.25, 0.3) is 0 Å². The number of alkyl halides is 3. The van der Waals surface area contributed by atoms with E-state index >= 15 is 0 Å². The number of benzene rings is 1. The maximum absolute atomic E-state index is 12.9. The third kappa shape index (κ3) is 4.43. The van der Waals surface area contributed by atoms with Gasteiger partial charge in [0.15, 0.2) is 0 Å². The molecule has 1 atom stereocenters. The molecule has 1 aliphatic carbocycles. The number of hydrogen-bond acceptors (Lipinski definition) is 4. The number of nitrogens with zero attached hydrogens (tertiary/aromatic N) is 2. The summed E-state index contributed by atoms with van der Waals surface area (Å²) in [4.78, 5) is 21.7. The first-order valence-corrected chi connectivity index (χ1v) is 9.83. The van der Waals surface area contributed by atoms with Crippen molar-refractivity contribution >= 4 is 17.7 Å². The molecule has 2 aromatic rings. The molecule has 0 bridgehead atoms. The Morgan fingerprint density at radius 3 is 2.59 bits per heavy atom. The zero-order valence-electron chi connectivity index (χ0n) is 15.2. The van der Waals surface area contributed by atoms with Crippen LogP contribution >= 0.6 is 11.8 Å². The average Bonchev–Trinajstić information content (AvgIpc) is 3.45. The molecular formula is C19H20F3N3OS. The molecule has 1 aromatic carbocycles. The minimum atomic E-state index is -4.42. The Morgan fingerprint density at radius 2 is 2.00 bits per heavy atom. The minimum Gasteiger partial charge on any atom is -0.345 e. The quantitative estimate of drug-likeness (QED) is 0.578. The summed E-state index contributed by atoms with van der Waals surface area (Å²) in [7, 11) is 0. The lowest BCUT2D eigenvalue weighted by Gasteiger charge is -2.18. The molecule has 0 spiro atoms. The van der Waals surface area contributed by atoms with E-state index in [-0.39, 0.29) is 5.91 Å². The van der Waals surface area contributed by atoms with Gasteiger partial charge in [-0.2, -0.15) is 13.2 Å². The lowest BCUT2D eigenvalue weighted by atomic mass is 10.0. The number of hydrogen-bond donors (Lipinski definition) is 1. The number of carbonyl (C=O) groups excluding carboxylic acids is 1. The molecule has 3 rings (SSSR count). The van der Waals surface area contributed by atoms with Gasteiger partial charge in [-0.15, -0.1) is 11.8 Å². The van der Waals surface area contributed by atoms with Crippen molar-refractivity contribution in [2.45, 2.75) is 49.9 Å². The Morgan fingerprint density at radius 1 is 1.30 bits per heavy atom. The second-order valence-electron chi connectivity index (χ2n) is 6.64. The van der Waals surface area contributed by atoms with Gasteiger partial charge in [0.05, 0.1) is 22.9 Å². The Kier molecular flexibility index (Phi) is 5.46. The maximum Gasteiger partial charge on any atom is 0.416 e. The number of aryl methyl sites for hydroxylation is 1. The second-order valence-corrected chi connectivity index (χ2v) is 7.44. The van der Waals surface area contributed by atoms with E-state index in [1.807, 2.05) is 6.26 Å². The van der Waals surface area contributed by atoms with Crippen LogP contribution in [-0.2, 0) is 6.18 Å². The molecule has 0 aliphatic heterocycles. The Hall–Kier alpha value is -2.09. The van der Waals surface area contributed by atoms with E-state index in [0.29, 0.717) is 27.8 Å². The highest BCUT2D eigenvalue weighted by Gasteiger charge is 2.31. The smallest absolute Gasteiger partial charge is 0.345 e. The number of halogens is 3. The van der Waals surface area contributed by atoms with Crippen LogP contribution in [0.5, 0.6) is 0 Å². The van der Waals surface area contributed by atoms with Crippen LogP contribution in [0, 0.1) is 6.92 Å². The van der Waals surface area contributed by atoms with Gasteiger partial charge in [0.2, 0.25) is 0 Å². The number of thioether (sulfide) groups is 1. The van der Waals surface area contributed by atoms with Crippen molar-refractivity contribution < 1.29 is 18.0 Å². The van der Waals surface area contributed by atoms with Crippen molar-refractivity contribution in [2.75, 3.05) is 6.26 Å². The van der Waals surface area contributed by atoms with E-state index in [2.05, 4.69) is 15.3 Å². The van der Waals surface area contributed by atoms with E-state index in [1.54, 1.807) is 19.9 Å². The highest BCUT2D eigenvalue weighted by Crippen LogP contribution is 2.39. The maximum atomic E-state index is 12.9. The van der Waals surface area contributed by atoms with Gasteiger partial charge < -0.3 is 5.32 Å². The van der Waals surface area contributed by atoms with Gasteiger partial charge in [0.25, 0.3) is 5.91 Å². The fourth-order valence-corrected chi connectivity index (χ4v) is 3.47. The Balaban J connectivity index is 1.83. The normalized spacial score (nSPS) is 15.5. The zero-order chi connectivity index (χ0) is 19.8. The number of nitrogens with one attached hydrogen (secondary N) is 1. The number of aromatic nitrogens is 2. The molecule has 1 unspecified atom stereocenters. The number of amides is 1. The monoisotopic (exact) mass is 395 g/mol. The molecule has 27 heavy (non-hydrogen) atoms. The molecule has 1 amide bonds. The van der Waals surface area contributed by atoms with Crippen LogP contribution in [0.2, 0.25) is 0 Å². The van der Waals surface area contributed by atoms with Crippen LogP contribution in [0.3, 0.4) is 0 Å². The SMILES string of the molecule is CSc1nc(C2CC2)nc(C)c1C(=O)NC(C)c1cccc(C(F)(F)F)c1. The Labute approximate surface area is 160 Å². The summed E-state index contributed by atoms with van der Waals surface area (Å²) in [5.74, 6) is 0.749. The van der Waals surface area contributed by atoms with Crippen LogP contribution in [-0.4, -0.2) is 22.1 Å². The van der Waals surface area contributed by atoms with Gasteiger partial charge >= 0.3 is 6.18 Å². The molecule has 144 valence electrons. The lowest BCUT2D eigenvalue weighted by molar-refractivity contribution is -0.137. The lowest BCUT2D eigenvalue weighted by Crippen LogP contribution is -2.29. The summed E-state index contributed by atoms with van der Waals surface area (Å²) < 4.78 is 38.7. The van der Waals surface area contributed by atoms with Gasteiger partial charge in [0.1, 0.15) is 10.9 Å². The highest BCUT2D eigenvalue weighted by atomic mass is 32.2. The third-order valence-electron chi connectivity index (χ3n) is 4.50. The predicted octanol–water partition coefficient (Wildman–Crippen LogP) is 4.89. The van der Waals surface area contributed by atoms with Gasteiger partial charge in [0, 0.05) is 5.92 Å². The molecule has 1 N–H and O–H groups in total. The van der Waals surface area contributed by atoms with Crippen LogP contribution in [0.1, 0.15) is 64.7 Å². The average molecular weight is 395 g/mol. The fourth-order valence-electron chi connectivity index (χ4n) is 2.84. The molecule has 4 nitrogen and oxygen atoms in total. The molecule has 0 radical (unpaired) electrons. The molecule has 1 saturated carbocycles. The molecule has 1 aliphatic rings. The van der Waals surface area contributed by atoms with Crippen molar-refractivity contribution in [3.05, 3.63) is 52.5 Å². The largest absolute Gasteiger partial charge is 0.416 e. The first-order chi connectivity index (χ1) is 12.7. The van der Waals surface area contributed by atoms with Crippen molar-refractivity contribution in [3.8, 4) is 0 Å². The van der Waals surface area contributed by atoms with Crippen LogP contribution in [0.15, 0.2) is 29.3 Å². The summed E-state index contributed by atoms with van der Waals surface area (Å²) in [6, 6.07) is 4.39. The summed E-state index contributed by atoms with van der Waals surface area (Å²) in [5, 5.41) is 3.37. The molecular weight excluding hydrogens is 375 g/mol. The van der Waals surface area contributed by atoms with Crippen molar-refractivity contribution in [3.63, 3.8) is 0 Å². The van der Waals surface area contributed by atoms with Crippen molar-refractivity contribution in [2.24, 2.45) is 0 Å². The first kappa shape index (κ1) is 19.7. The molecule has 1 aromatic heterocycles. The van der Waals surface area contributed by atoms with E-state index < -0.39 is 17.8 Å². The second kappa shape index (κ2) is 7.50. The van der Waals surface area contributed by atoms with E-state index in [1.165, 1.54) is 17.8 Å². The summed E-state index contributed by atoms with van der Waals surface area (Å²) in [5.41, 5.74) is 0.618. The topological polar surface area (TPSA) is 54.9 Å². The van der Waals surface area contributed by atoms with Crippen LogP contribution in [0.4, 0.5) is 13.2 Å². The van der Waals surface area contributed by atoms with Crippen molar-refractivity contribution in [1.29, 1.82) is 0 Å². The van der Waals surface area contributed by atoms with E-state index in [0.717, 1.165) is 30.8 Å². The minimum absolute atomic E-state index is 0.371. The first-order valence-electron chi connectivity index (χ1n) is 8.61. The predicted molar refractivity (Wildman–Crippen MR) is 97.9 cm³/mol. The Bertz CT molecular complexity index is 866. The zero-order valence-corrected chi connectivity index (χ0v) is 16.0. The van der Waals surface area contributed by atoms with Gasteiger partial charge in [-0.1, -0.05) is 12.1 Å². The summed E-state index contributed by atoms with van der Waals surface area (Å²) >= 11 is 1.37. The molecule has 1 heterocycles. The summed E-state index contributed by atoms with van der Waals surface area (Å²) in [6.45, 7) is 3.41.